The van der Waals surface area contributed by atoms with E-state index in [4.69, 9.17) is 19.9 Å². The number of likely N-dealkylation sites (N-methyl/N-ethyl adjacent to an activating group) is 1. The third-order valence-electron chi connectivity index (χ3n) is 5.76. The number of para-hydroxylation sites is 1. The molecule has 0 saturated heterocycles. The van der Waals surface area contributed by atoms with Gasteiger partial charge in [0, 0.05) is 6.54 Å². The highest BCUT2D eigenvalue weighted by molar-refractivity contribution is 5.76. The molecule has 0 spiro atoms. The summed E-state index contributed by atoms with van der Waals surface area (Å²) in [6, 6.07) is 21.8. The number of carbonyl (C=O) groups excluding carboxylic acids is 1. The monoisotopic (exact) mass is 492 g/mol. The van der Waals surface area contributed by atoms with E-state index in [1.165, 1.54) is 5.56 Å². The fourth-order valence-electron chi connectivity index (χ4n) is 3.89. The van der Waals surface area contributed by atoms with Crippen LogP contribution in [0.1, 0.15) is 16.7 Å². The predicted octanol–water partition coefficient (Wildman–Crippen LogP) is 3.61. The Morgan fingerprint density at radius 3 is 2.44 bits per heavy atom. The van der Waals surface area contributed by atoms with Crippen molar-refractivity contribution in [1.29, 1.82) is 0 Å². The zero-order valence-electron chi connectivity index (χ0n) is 21.2. The maximum absolute atomic E-state index is 12.7. The van der Waals surface area contributed by atoms with Crippen molar-refractivity contribution in [2.45, 2.75) is 31.4 Å². The Labute approximate surface area is 213 Å². The summed E-state index contributed by atoms with van der Waals surface area (Å²) < 4.78 is 17.2. The summed E-state index contributed by atoms with van der Waals surface area (Å²) in [6.45, 7) is 0.718. The van der Waals surface area contributed by atoms with Gasteiger partial charge in [-0.2, -0.15) is 0 Å². The molecule has 0 amide bonds. The molecule has 36 heavy (non-hydrogen) atoms. The number of hydrogen-bond acceptors (Lipinski definition) is 7. The van der Waals surface area contributed by atoms with Crippen molar-refractivity contribution in [3.8, 4) is 17.2 Å². The Morgan fingerprint density at radius 1 is 0.972 bits per heavy atom. The van der Waals surface area contributed by atoms with Gasteiger partial charge in [-0.3, -0.25) is 4.79 Å². The number of nitrogens with zero attached hydrogens (tertiary/aromatic N) is 1. The highest BCUT2D eigenvalue weighted by atomic mass is 16.6. The van der Waals surface area contributed by atoms with Crippen molar-refractivity contribution in [3.63, 3.8) is 0 Å². The van der Waals surface area contributed by atoms with Crippen LogP contribution in [0.15, 0.2) is 72.8 Å². The lowest BCUT2D eigenvalue weighted by Crippen LogP contribution is -2.41. The summed E-state index contributed by atoms with van der Waals surface area (Å²) in [5.41, 5.74) is 9.23. The number of phenolic OH excluding ortho intramolecular Hbond substituents is 1. The number of nitrogens with two attached hydrogens (primary N) is 1. The number of hydrogen-bond donors (Lipinski definition) is 2. The molecule has 0 bridgehead atoms. The normalized spacial score (nSPS) is 12.7. The number of aryl methyl sites for hydroxylation is 2. The average molecular weight is 493 g/mol. The van der Waals surface area contributed by atoms with Crippen LogP contribution in [0.3, 0.4) is 0 Å². The quantitative estimate of drug-likeness (QED) is 0.352. The van der Waals surface area contributed by atoms with Gasteiger partial charge in [-0.15, -0.1) is 0 Å². The van der Waals surface area contributed by atoms with Crippen LogP contribution in [0.5, 0.6) is 17.2 Å². The summed E-state index contributed by atoms with van der Waals surface area (Å²) in [7, 11) is 5.50. The first-order valence-corrected chi connectivity index (χ1v) is 12.1. The lowest BCUT2D eigenvalue weighted by atomic mass is 10.0. The molecular formula is C29H36N2O5. The molecular weight excluding hydrogens is 456 g/mol. The van der Waals surface area contributed by atoms with Crippen molar-refractivity contribution >= 4 is 5.97 Å². The number of aromatic hydroxyl groups is 1. The molecule has 0 heterocycles. The summed E-state index contributed by atoms with van der Waals surface area (Å²) in [4.78, 5) is 14.7. The fourth-order valence-corrected chi connectivity index (χ4v) is 3.89. The molecule has 7 heteroatoms. The molecule has 3 aromatic carbocycles. The van der Waals surface area contributed by atoms with Gasteiger partial charge in [-0.05, 0) is 80.4 Å². The van der Waals surface area contributed by atoms with Crippen LogP contribution in [-0.4, -0.2) is 62.5 Å². The Kier molecular flexibility index (Phi) is 10.2. The number of phenols is 1. The van der Waals surface area contributed by atoms with E-state index in [1.54, 1.807) is 31.4 Å². The number of rotatable bonds is 13. The smallest absolute Gasteiger partial charge is 0.323 e. The van der Waals surface area contributed by atoms with E-state index in [0.29, 0.717) is 13.0 Å². The molecule has 3 rings (SSSR count). The largest absolute Gasteiger partial charge is 0.508 e. The van der Waals surface area contributed by atoms with E-state index in [2.05, 4.69) is 12.1 Å². The van der Waals surface area contributed by atoms with Crippen LogP contribution in [-0.2, 0) is 28.8 Å². The maximum atomic E-state index is 12.7. The second kappa shape index (κ2) is 13.5. The van der Waals surface area contributed by atoms with Gasteiger partial charge in [0.25, 0.3) is 0 Å². The fraction of sp³-hybridized carbons (Fsp3) is 0.345. The molecule has 7 nitrogen and oxygen atoms in total. The molecule has 0 aliphatic rings. The maximum Gasteiger partial charge on any atom is 0.323 e. The van der Waals surface area contributed by atoms with Crippen LogP contribution < -0.4 is 15.2 Å². The standard InChI is InChI=1S/C29H36N2O5/c1-31(2)19-26(36-29(33)27(30)18-22-12-15-24(32)16-13-22)20-35-28-10-5-4-8-23(28)14-11-21-7-6-9-25(17-21)34-3/h4-10,12-13,15-17,26-27,32H,11,14,18-20,30H2,1-3H3/t26-,27-/m0/s1. The van der Waals surface area contributed by atoms with Crippen LogP contribution in [0.25, 0.3) is 0 Å². The minimum Gasteiger partial charge on any atom is -0.508 e. The van der Waals surface area contributed by atoms with Crippen LogP contribution in [0, 0.1) is 0 Å². The summed E-state index contributed by atoms with van der Waals surface area (Å²) in [5, 5.41) is 9.44. The summed E-state index contributed by atoms with van der Waals surface area (Å²) in [6.07, 6.45) is 1.49. The third kappa shape index (κ3) is 8.59. The molecule has 0 fully saturated rings. The number of esters is 1. The predicted molar refractivity (Wildman–Crippen MR) is 141 cm³/mol. The molecule has 0 aliphatic carbocycles. The third-order valence-corrected chi connectivity index (χ3v) is 5.76. The first-order valence-electron chi connectivity index (χ1n) is 12.1. The van der Waals surface area contributed by atoms with Crippen molar-refractivity contribution in [2.75, 3.05) is 34.4 Å². The average Bonchev–Trinajstić information content (AvgIpc) is 2.87. The summed E-state index contributed by atoms with van der Waals surface area (Å²) >= 11 is 0. The van der Waals surface area contributed by atoms with Gasteiger partial charge < -0.3 is 30.0 Å². The number of carbonyl (C=O) groups is 1. The van der Waals surface area contributed by atoms with Crippen molar-refractivity contribution in [3.05, 3.63) is 89.5 Å². The zero-order valence-corrected chi connectivity index (χ0v) is 21.2. The van der Waals surface area contributed by atoms with Crippen LogP contribution >= 0.6 is 0 Å². The number of ether oxygens (including phenoxy) is 3. The molecule has 3 N–H and O–H groups in total. The van der Waals surface area contributed by atoms with Crippen molar-refractivity contribution in [1.82, 2.24) is 4.90 Å². The lowest BCUT2D eigenvalue weighted by molar-refractivity contribution is -0.152. The molecule has 0 aliphatic heterocycles. The zero-order chi connectivity index (χ0) is 25.9. The van der Waals surface area contributed by atoms with E-state index in [-0.39, 0.29) is 12.4 Å². The lowest BCUT2D eigenvalue weighted by Gasteiger charge is -2.24. The van der Waals surface area contributed by atoms with E-state index in [1.807, 2.05) is 55.4 Å². The highest BCUT2D eigenvalue weighted by Gasteiger charge is 2.22. The molecule has 0 radical (unpaired) electrons. The molecule has 192 valence electrons. The minimum atomic E-state index is -0.811. The number of methoxy groups -OCH3 is 1. The van der Waals surface area contributed by atoms with E-state index < -0.39 is 18.1 Å². The Morgan fingerprint density at radius 2 is 1.72 bits per heavy atom. The van der Waals surface area contributed by atoms with E-state index in [0.717, 1.165) is 35.5 Å². The Bertz CT molecular complexity index is 1100. The first-order chi connectivity index (χ1) is 17.3. The van der Waals surface area contributed by atoms with Crippen molar-refractivity contribution < 1.29 is 24.1 Å². The van der Waals surface area contributed by atoms with Gasteiger partial charge in [-0.25, -0.2) is 0 Å². The summed E-state index contributed by atoms with van der Waals surface area (Å²) in [5.74, 6) is 1.30. The van der Waals surface area contributed by atoms with Gasteiger partial charge in [0.1, 0.15) is 36.0 Å². The van der Waals surface area contributed by atoms with Gasteiger partial charge in [0.15, 0.2) is 0 Å². The Hall–Kier alpha value is -3.55. The van der Waals surface area contributed by atoms with Crippen LogP contribution in [0.2, 0.25) is 0 Å². The molecule has 2 atom stereocenters. The SMILES string of the molecule is COc1cccc(CCc2ccccc2OC[C@H](CN(C)C)OC(=O)[C@@H](N)Cc2ccc(O)cc2)c1. The molecule has 3 aromatic rings. The van der Waals surface area contributed by atoms with Gasteiger partial charge >= 0.3 is 5.97 Å². The van der Waals surface area contributed by atoms with Gasteiger partial charge in [-0.1, -0.05) is 42.5 Å². The van der Waals surface area contributed by atoms with E-state index in [9.17, 15) is 9.90 Å². The van der Waals surface area contributed by atoms with Gasteiger partial charge in [0.05, 0.1) is 7.11 Å². The first kappa shape index (κ1) is 27.0. The van der Waals surface area contributed by atoms with Crippen LogP contribution in [0.4, 0.5) is 0 Å². The topological polar surface area (TPSA) is 94.2 Å². The second-order valence-corrected chi connectivity index (χ2v) is 9.07. The highest BCUT2D eigenvalue weighted by Crippen LogP contribution is 2.22. The second-order valence-electron chi connectivity index (χ2n) is 9.07. The molecule has 0 aromatic heterocycles. The number of benzene rings is 3. The van der Waals surface area contributed by atoms with Crippen molar-refractivity contribution in [2.24, 2.45) is 5.73 Å². The molecule has 0 saturated carbocycles. The molecule has 0 unspecified atom stereocenters. The van der Waals surface area contributed by atoms with E-state index >= 15 is 0 Å². The minimum absolute atomic E-state index is 0.168. The van der Waals surface area contributed by atoms with Gasteiger partial charge in [0.2, 0.25) is 0 Å². The Balaban J connectivity index is 1.59.